The lowest BCUT2D eigenvalue weighted by Crippen LogP contribution is -2.33. The number of aryl methyl sites for hydroxylation is 2. The summed E-state index contributed by atoms with van der Waals surface area (Å²) in [5.41, 5.74) is 2.90. The van der Waals surface area contributed by atoms with Crippen molar-refractivity contribution in [1.82, 2.24) is 9.88 Å². The maximum Gasteiger partial charge on any atom is 0.407 e. The second-order valence-corrected chi connectivity index (χ2v) is 7.45. The smallest absolute Gasteiger partial charge is 0.407 e. The normalized spacial score (nSPS) is 11.3. The third-order valence-corrected chi connectivity index (χ3v) is 3.97. The molecule has 1 N–H and O–H groups in total. The van der Waals surface area contributed by atoms with Crippen molar-refractivity contribution in [2.45, 2.75) is 53.2 Å². The van der Waals surface area contributed by atoms with Crippen molar-refractivity contribution in [1.29, 1.82) is 0 Å². The number of carbonyl (C=O) groups is 2. The molecule has 1 aromatic heterocycles. The molecule has 0 bridgehead atoms. The van der Waals surface area contributed by atoms with E-state index in [2.05, 4.69) is 5.32 Å². The molecule has 0 atom stereocenters. The van der Waals surface area contributed by atoms with E-state index in [0.717, 1.165) is 11.3 Å². The van der Waals surface area contributed by atoms with E-state index in [1.165, 1.54) is 0 Å². The summed E-state index contributed by atoms with van der Waals surface area (Å²) in [7, 11) is 0. The number of nitrogens with zero attached hydrogens (tertiary/aromatic N) is 1. The zero-order valence-electron chi connectivity index (χ0n) is 16.3. The lowest BCUT2D eigenvalue weighted by Gasteiger charge is -2.19. The number of hydrogen-bond acceptors (Lipinski definition) is 3. The zero-order valence-corrected chi connectivity index (χ0v) is 16.3. The van der Waals surface area contributed by atoms with Crippen molar-refractivity contribution < 1.29 is 14.3 Å². The number of aromatic nitrogens is 1. The monoisotopic (exact) mass is 356 g/mol. The zero-order chi connectivity index (χ0) is 19.3. The standard InChI is InChI=1S/C21H28N2O3/c1-15-14-16(2)23(13-9-12-22-20(25)26-21(3,4)5)18(15)19(24)17-10-7-6-8-11-17/h6-8,10-11,14H,9,12-13H2,1-5H3,(H,22,25). The highest BCUT2D eigenvalue weighted by atomic mass is 16.6. The summed E-state index contributed by atoms with van der Waals surface area (Å²) in [6, 6.07) is 11.3. The Morgan fingerprint density at radius 3 is 2.38 bits per heavy atom. The molecule has 0 spiro atoms. The first-order chi connectivity index (χ1) is 12.2. The molecule has 0 radical (unpaired) electrons. The van der Waals surface area contributed by atoms with Crippen molar-refractivity contribution in [3.63, 3.8) is 0 Å². The van der Waals surface area contributed by atoms with Crippen LogP contribution in [0.4, 0.5) is 4.79 Å². The van der Waals surface area contributed by atoms with Gasteiger partial charge in [0.05, 0.1) is 5.69 Å². The molecule has 5 heteroatoms. The van der Waals surface area contributed by atoms with Crippen LogP contribution in [0.3, 0.4) is 0 Å². The topological polar surface area (TPSA) is 60.3 Å². The quantitative estimate of drug-likeness (QED) is 0.622. The van der Waals surface area contributed by atoms with Crippen LogP contribution < -0.4 is 5.32 Å². The molecule has 1 amide bonds. The number of rotatable bonds is 6. The predicted octanol–water partition coefficient (Wildman–Crippen LogP) is 4.25. The maximum atomic E-state index is 12.9. The third-order valence-electron chi connectivity index (χ3n) is 3.97. The Kier molecular flexibility index (Phi) is 6.24. The van der Waals surface area contributed by atoms with E-state index in [4.69, 9.17) is 4.74 Å². The molecule has 0 unspecified atom stereocenters. The van der Waals surface area contributed by atoms with Gasteiger partial charge in [0.15, 0.2) is 0 Å². The van der Waals surface area contributed by atoms with Gasteiger partial charge in [-0.3, -0.25) is 4.79 Å². The summed E-state index contributed by atoms with van der Waals surface area (Å²) in [4.78, 5) is 24.6. The van der Waals surface area contributed by atoms with Gasteiger partial charge in [0, 0.05) is 24.3 Å². The molecule has 26 heavy (non-hydrogen) atoms. The molecule has 0 saturated heterocycles. The average Bonchev–Trinajstić information content (AvgIpc) is 2.83. The van der Waals surface area contributed by atoms with Crippen molar-refractivity contribution in [3.8, 4) is 0 Å². The fourth-order valence-corrected chi connectivity index (χ4v) is 2.91. The van der Waals surface area contributed by atoms with Gasteiger partial charge in [-0.1, -0.05) is 30.3 Å². The number of carbonyl (C=O) groups excluding carboxylic acids is 2. The molecule has 140 valence electrons. The lowest BCUT2D eigenvalue weighted by atomic mass is 10.1. The summed E-state index contributed by atoms with van der Waals surface area (Å²) in [6.07, 6.45) is 0.294. The van der Waals surface area contributed by atoms with Gasteiger partial charge in [-0.05, 0) is 52.7 Å². The van der Waals surface area contributed by atoms with Gasteiger partial charge in [0.2, 0.25) is 5.78 Å². The summed E-state index contributed by atoms with van der Waals surface area (Å²) >= 11 is 0. The average molecular weight is 356 g/mol. The second kappa shape index (κ2) is 8.21. The highest BCUT2D eigenvalue weighted by molar-refractivity contribution is 6.09. The van der Waals surface area contributed by atoms with Crippen LogP contribution in [0.2, 0.25) is 0 Å². The summed E-state index contributed by atoms with van der Waals surface area (Å²) in [5, 5.41) is 2.76. The van der Waals surface area contributed by atoms with Crippen LogP contribution in [-0.4, -0.2) is 28.6 Å². The molecule has 2 rings (SSSR count). The minimum Gasteiger partial charge on any atom is -0.444 e. The van der Waals surface area contributed by atoms with Gasteiger partial charge in [0.1, 0.15) is 5.60 Å². The van der Waals surface area contributed by atoms with Gasteiger partial charge in [-0.2, -0.15) is 0 Å². The van der Waals surface area contributed by atoms with E-state index in [0.29, 0.717) is 30.8 Å². The van der Waals surface area contributed by atoms with E-state index in [9.17, 15) is 9.59 Å². The molecular formula is C21H28N2O3. The third kappa shape index (κ3) is 5.22. The molecule has 2 aromatic rings. The van der Waals surface area contributed by atoms with Crippen LogP contribution in [0.15, 0.2) is 36.4 Å². The van der Waals surface area contributed by atoms with E-state index < -0.39 is 11.7 Å². The van der Waals surface area contributed by atoms with Gasteiger partial charge in [0.25, 0.3) is 0 Å². The molecule has 5 nitrogen and oxygen atoms in total. The maximum absolute atomic E-state index is 12.9. The largest absolute Gasteiger partial charge is 0.444 e. The number of benzene rings is 1. The number of hydrogen-bond donors (Lipinski definition) is 1. The predicted molar refractivity (Wildman–Crippen MR) is 103 cm³/mol. The van der Waals surface area contributed by atoms with E-state index in [1.54, 1.807) is 0 Å². The molecule has 0 saturated carbocycles. The molecule has 0 aliphatic heterocycles. The highest BCUT2D eigenvalue weighted by Gasteiger charge is 2.19. The Morgan fingerprint density at radius 1 is 1.12 bits per heavy atom. The van der Waals surface area contributed by atoms with Crippen LogP contribution in [0.25, 0.3) is 0 Å². The molecule has 1 aromatic carbocycles. The number of ketones is 1. The Morgan fingerprint density at radius 2 is 1.77 bits per heavy atom. The second-order valence-electron chi connectivity index (χ2n) is 7.45. The number of alkyl carbamates (subject to hydrolysis) is 1. The Hall–Kier alpha value is -2.56. The van der Waals surface area contributed by atoms with Crippen LogP contribution >= 0.6 is 0 Å². The van der Waals surface area contributed by atoms with Gasteiger partial charge >= 0.3 is 6.09 Å². The van der Waals surface area contributed by atoms with E-state index in [-0.39, 0.29) is 5.78 Å². The van der Waals surface area contributed by atoms with Gasteiger partial charge in [-0.15, -0.1) is 0 Å². The summed E-state index contributed by atoms with van der Waals surface area (Å²) in [6.45, 7) is 10.6. The van der Waals surface area contributed by atoms with E-state index in [1.807, 2.05) is 75.6 Å². The summed E-state index contributed by atoms with van der Waals surface area (Å²) in [5.74, 6) is 0.0244. The number of nitrogens with one attached hydrogen (secondary N) is 1. The first-order valence-corrected chi connectivity index (χ1v) is 8.92. The fraction of sp³-hybridized carbons (Fsp3) is 0.429. The van der Waals surface area contributed by atoms with Crippen LogP contribution in [-0.2, 0) is 11.3 Å². The molecule has 1 heterocycles. The van der Waals surface area contributed by atoms with Gasteiger partial charge < -0.3 is 14.6 Å². The summed E-state index contributed by atoms with van der Waals surface area (Å²) < 4.78 is 7.26. The SMILES string of the molecule is Cc1cc(C)n(CCCNC(=O)OC(C)(C)C)c1C(=O)c1ccccc1. The first-order valence-electron chi connectivity index (χ1n) is 8.92. The number of ether oxygens (including phenoxy) is 1. The Bertz CT molecular complexity index is 771. The minimum absolute atomic E-state index is 0.0244. The fourth-order valence-electron chi connectivity index (χ4n) is 2.91. The van der Waals surface area contributed by atoms with E-state index >= 15 is 0 Å². The minimum atomic E-state index is -0.506. The van der Waals surface area contributed by atoms with Crippen molar-refractivity contribution in [2.24, 2.45) is 0 Å². The lowest BCUT2D eigenvalue weighted by molar-refractivity contribution is 0.0526. The molecular weight excluding hydrogens is 328 g/mol. The van der Waals surface area contributed by atoms with Crippen molar-refractivity contribution in [2.75, 3.05) is 6.54 Å². The molecule has 0 aliphatic rings. The molecule has 0 aliphatic carbocycles. The van der Waals surface area contributed by atoms with Crippen molar-refractivity contribution >= 4 is 11.9 Å². The Balaban J connectivity index is 2.02. The highest BCUT2D eigenvalue weighted by Crippen LogP contribution is 2.19. The van der Waals surface area contributed by atoms with Gasteiger partial charge in [-0.25, -0.2) is 4.79 Å². The van der Waals surface area contributed by atoms with Crippen molar-refractivity contribution in [3.05, 3.63) is 58.9 Å². The Labute approximate surface area is 155 Å². The van der Waals surface area contributed by atoms with Crippen LogP contribution in [0.5, 0.6) is 0 Å². The molecule has 0 fully saturated rings. The number of amides is 1. The van der Waals surface area contributed by atoms with Crippen LogP contribution in [0, 0.1) is 13.8 Å². The first kappa shape index (κ1) is 19.8. The van der Waals surface area contributed by atoms with Crippen LogP contribution in [0.1, 0.15) is 54.5 Å².